The standard InChI is InChI=1S/C20H18O2/c1-2-10-20-11-6-17-16-7-13-21-14-15(16)4-5-18(17)19(20,8-1)9-3-12-22-20/h1,3-9,11,13H,2,10,12,14H2. The van der Waals surface area contributed by atoms with Crippen LogP contribution in [0.4, 0.5) is 0 Å². The Bertz CT molecular complexity index is 746. The number of rotatable bonds is 0. The van der Waals surface area contributed by atoms with Gasteiger partial charge in [0.1, 0.15) is 12.2 Å². The zero-order chi connectivity index (χ0) is 14.6. The third kappa shape index (κ3) is 1.39. The maximum atomic E-state index is 6.30. The molecule has 2 heterocycles. The second-order valence-electron chi connectivity index (χ2n) is 6.46. The first-order valence-corrected chi connectivity index (χ1v) is 7.98. The van der Waals surface area contributed by atoms with Crippen LogP contribution in [-0.4, -0.2) is 12.2 Å². The maximum absolute atomic E-state index is 6.30. The second kappa shape index (κ2) is 4.23. The molecule has 2 aliphatic carbocycles. The van der Waals surface area contributed by atoms with Gasteiger partial charge in [0.2, 0.25) is 0 Å². The number of fused-ring (bicyclic) bond motifs is 3. The van der Waals surface area contributed by atoms with E-state index in [2.05, 4.69) is 54.7 Å². The van der Waals surface area contributed by atoms with E-state index in [0.717, 1.165) is 12.8 Å². The van der Waals surface area contributed by atoms with Crippen LogP contribution in [-0.2, 0) is 21.5 Å². The molecular formula is C20H18O2. The zero-order valence-electron chi connectivity index (χ0n) is 12.4. The predicted molar refractivity (Wildman–Crippen MR) is 87.2 cm³/mol. The van der Waals surface area contributed by atoms with Crippen LogP contribution in [0.1, 0.15) is 35.1 Å². The molecule has 5 rings (SSSR count). The summed E-state index contributed by atoms with van der Waals surface area (Å²) < 4.78 is 11.7. The van der Waals surface area contributed by atoms with E-state index in [1.165, 1.54) is 22.3 Å². The zero-order valence-corrected chi connectivity index (χ0v) is 12.4. The highest BCUT2D eigenvalue weighted by atomic mass is 16.5. The molecule has 22 heavy (non-hydrogen) atoms. The first-order valence-electron chi connectivity index (χ1n) is 7.98. The second-order valence-corrected chi connectivity index (χ2v) is 6.46. The van der Waals surface area contributed by atoms with E-state index in [4.69, 9.17) is 9.47 Å². The number of ether oxygens (including phenoxy) is 2. The summed E-state index contributed by atoms with van der Waals surface area (Å²) in [4.78, 5) is 0. The lowest BCUT2D eigenvalue weighted by Gasteiger charge is -2.52. The summed E-state index contributed by atoms with van der Waals surface area (Å²) >= 11 is 0. The molecule has 0 aromatic heterocycles. The normalized spacial score (nSPS) is 33.5. The SMILES string of the molecule is C1=CC23C=CCOC2(C=Cc2c3ccc3c2C=COC3)CC1. The van der Waals surface area contributed by atoms with E-state index >= 15 is 0 Å². The molecule has 0 amide bonds. The molecule has 0 saturated carbocycles. The lowest BCUT2D eigenvalue weighted by Crippen LogP contribution is -2.55. The van der Waals surface area contributed by atoms with Crippen molar-refractivity contribution in [2.24, 2.45) is 0 Å². The van der Waals surface area contributed by atoms with Gasteiger partial charge in [0, 0.05) is 0 Å². The summed E-state index contributed by atoms with van der Waals surface area (Å²) in [5, 5.41) is 0. The Morgan fingerprint density at radius 1 is 0.955 bits per heavy atom. The monoisotopic (exact) mass is 290 g/mol. The molecule has 2 unspecified atom stereocenters. The molecule has 2 nitrogen and oxygen atoms in total. The van der Waals surface area contributed by atoms with E-state index < -0.39 is 0 Å². The molecular weight excluding hydrogens is 272 g/mol. The third-order valence-electron chi connectivity index (χ3n) is 5.49. The summed E-state index contributed by atoms with van der Waals surface area (Å²) in [6.45, 7) is 1.36. The van der Waals surface area contributed by atoms with Gasteiger partial charge in [-0.2, -0.15) is 0 Å². The molecule has 0 saturated heterocycles. The summed E-state index contributed by atoms with van der Waals surface area (Å²) in [7, 11) is 0. The van der Waals surface area contributed by atoms with Gasteiger partial charge < -0.3 is 9.47 Å². The summed E-state index contributed by atoms with van der Waals surface area (Å²) in [6, 6.07) is 4.48. The van der Waals surface area contributed by atoms with Crippen molar-refractivity contribution in [1.29, 1.82) is 0 Å². The van der Waals surface area contributed by atoms with Crippen LogP contribution in [0.5, 0.6) is 0 Å². The van der Waals surface area contributed by atoms with E-state index in [0.29, 0.717) is 13.2 Å². The van der Waals surface area contributed by atoms with Crippen LogP contribution < -0.4 is 0 Å². The van der Waals surface area contributed by atoms with Gasteiger partial charge in [-0.15, -0.1) is 0 Å². The Morgan fingerprint density at radius 2 is 1.91 bits per heavy atom. The van der Waals surface area contributed by atoms with Crippen LogP contribution in [0, 0.1) is 0 Å². The van der Waals surface area contributed by atoms with Crippen molar-refractivity contribution in [2.75, 3.05) is 6.61 Å². The summed E-state index contributed by atoms with van der Waals surface area (Å²) in [5.41, 5.74) is 4.85. The lowest BCUT2D eigenvalue weighted by atomic mass is 9.58. The molecule has 2 heteroatoms. The van der Waals surface area contributed by atoms with Gasteiger partial charge in [-0.3, -0.25) is 0 Å². The average Bonchev–Trinajstić information content (AvgIpc) is 2.60. The van der Waals surface area contributed by atoms with Crippen LogP contribution in [0.3, 0.4) is 0 Å². The Morgan fingerprint density at radius 3 is 2.91 bits per heavy atom. The van der Waals surface area contributed by atoms with Gasteiger partial charge in [-0.05, 0) is 41.2 Å². The molecule has 0 spiro atoms. The van der Waals surface area contributed by atoms with Crippen molar-refractivity contribution in [3.63, 3.8) is 0 Å². The maximum Gasteiger partial charge on any atom is 0.113 e. The molecule has 2 atom stereocenters. The first kappa shape index (κ1) is 12.5. The van der Waals surface area contributed by atoms with Crippen LogP contribution >= 0.6 is 0 Å². The van der Waals surface area contributed by atoms with E-state index in [1.54, 1.807) is 6.26 Å². The minimum atomic E-state index is -0.216. The molecule has 0 bridgehead atoms. The topological polar surface area (TPSA) is 18.5 Å². The van der Waals surface area contributed by atoms with Crippen molar-refractivity contribution in [2.45, 2.75) is 30.5 Å². The first-order chi connectivity index (χ1) is 10.8. The molecule has 1 aromatic rings. The van der Waals surface area contributed by atoms with Crippen molar-refractivity contribution in [1.82, 2.24) is 0 Å². The summed E-state index contributed by atoms with van der Waals surface area (Å²) in [5.74, 6) is 0. The molecule has 0 N–H and O–H groups in total. The quantitative estimate of drug-likeness (QED) is 0.669. The molecule has 110 valence electrons. The highest BCUT2D eigenvalue weighted by Crippen LogP contribution is 2.53. The minimum Gasteiger partial charge on any atom is -0.496 e. The van der Waals surface area contributed by atoms with Gasteiger partial charge in [-0.25, -0.2) is 0 Å². The molecule has 0 radical (unpaired) electrons. The minimum absolute atomic E-state index is 0.158. The van der Waals surface area contributed by atoms with E-state index in [1.807, 2.05) is 0 Å². The van der Waals surface area contributed by atoms with Crippen molar-refractivity contribution < 1.29 is 9.47 Å². The molecule has 4 aliphatic rings. The lowest BCUT2D eigenvalue weighted by molar-refractivity contribution is -0.0439. The van der Waals surface area contributed by atoms with Gasteiger partial charge >= 0.3 is 0 Å². The Kier molecular flexibility index (Phi) is 2.40. The van der Waals surface area contributed by atoms with Gasteiger partial charge in [0.15, 0.2) is 0 Å². The fourth-order valence-electron chi connectivity index (χ4n) is 4.43. The Hall–Kier alpha value is -2.06. The molecule has 1 aromatic carbocycles. The van der Waals surface area contributed by atoms with E-state index in [-0.39, 0.29) is 11.0 Å². The fourth-order valence-corrected chi connectivity index (χ4v) is 4.43. The molecule has 2 aliphatic heterocycles. The highest BCUT2D eigenvalue weighted by Gasteiger charge is 2.53. The third-order valence-corrected chi connectivity index (χ3v) is 5.49. The number of benzene rings is 1. The summed E-state index contributed by atoms with van der Waals surface area (Å²) in [6.07, 6.45) is 19.7. The predicted octanol–water partition coefficient (Wildman–Crippen LogP) is 4.13. The van der Waals surface area contributed by atoms with Crippen LogP contribution in [0.25, 0.3) is 12.2 Å². The van der Waals surface area contributed by atoms with Crippen molar-refractivity contribution >= 4 is 12.2 Å². The van der Waals surface area contributed by atoms with E-state index in [9.17, 15) is 0 Å². The highest BCUT2D eigenvalue weighted by molar-refractivity contribution is 5.76. The average molecular weight is 290 g/mol. The Labute approximate surface area is 130 Å². The number of hydrogen-bond donors (Lipinski definition) is 0. The fraction of sp³-hybridized carbons (Fsp3) is 0.300. The van der Waals surface area contributed by atoms with Gasteiger partial charge in [0.05, 0.1) is 18.3 Å². The number of hydrogen-bond acceptors (Lipinski definition) is 2. The van der Waals surface area contributed by atoms with Crippen LogP contribution in [0.15, 0.2) is 48.8 Å². The van der Waals surface area contributed by atoms with Gasteiger partial charge in [-0.1, -0.05) is 48.6 Å². The smallest absolute Gasteiger partial charge is 0.113 e. The van der Waals surface area contributed by atoms with Gasteiger partial charge in [0.25, 0.3) is 0 Å². The Balaban J connectivity index is 1.84. The van der Waals surface area contributed by atoms with Crippen molar-refractivity contribution in [3.05, 3.63) is 71.0 Å². The number of allylic oxidation sites excluding steroid dienone is 1. The molecule has 0 fully saturated rings. The van der Waals surface area contributed by atoms with Crippen molar-refractivity contribution in [3.8, 4) is 0 Å². The van der Waals surface area contributed by atoms with Crippen LogP contribution in [0.2, 0.25) is 0 Å². The largest absolute Gasteiger partial charge is 0.496 e.